The van der Waals surface area contributed by atoms with E-state index in [1.54, 1.807) is 0 Å². The molecule has 2 N–H and O–H groups in total. The van der Waals surface area contributed by atoms with Gasteiger partial charge >= 0.3 is 0 Å². The first-order valence-corrected chi connectivity index (χ1v) is 6.63. The lowest BCUT2D eigenvalue weighted by Crippen LogP contribution is -2.53. The molecule has 1 atom stereocenters. The Labute approximate surface area is 101 Å². The van der Waals surface area contributed by atoms with Crippen LogP contribution < -0.4 is 0 Å². The Morgan fingerprint density at radius 3 is 1.62 bits per heavy atom. The largest absolute Gasteiger partial charge is 0.392 e. The van der Waals surface area contributed by atoms with Crippen molar-refractivity contribution in [1.29, 1.82) is 0 Å². The van der Waals surface area contributed by atoms with Crippen LogP contribution in [0.1, 0.15) is 67.2 Å². The summed E-state index contributed by atoms with van der Waals surface area (Å²) in [4.78, 5) is 0. The average molecular weight is 230 g/mol. The van der Waals surface area contributed by atoms with Gasteiger partial charge in [0.15, 0.2) is 0 Å². The molecular weight excluding hydrogens is 200 g/mol. The van der Waals surface area contributed by atoms with Crippen molar-refractivity contribution in [3.8, 4) is 0 Å². The molecular formula is C14H30O2. The Morgan fingerprint density at radius 1 is 1.00 bits per heavy atom. The van der Waals surface area contributed by atoms with E-state index in [4.69, 9.17) is 0 Å². The fourth-order valence-electron chi connectivity index (χ4n) is 2.71. The van der Waals surface area contributed by atoms with Crippen LogP contribution in [-0.4, -0.2) is 21.9 Å². The smallest absolute Gasteiger partial charge is 0.0723 e. The van der Waals surface area contributed by atoms with Crippen molar-refractivity contribution in [2.24, 2.45) is 11.3 Å². The van der Waals surface area contributed by atoms with E-state index in [1.807, 2.05) is 27.7 Å². The molecule has 0 rings (SSSR count). The topological polar surface area (TPSA) is 40.5 Å². The maximum Gasteiger partial charge on any atom is 0.0723 e. The predicted octanol–water partition coefficient (Wildman–Crippen LogP) is 3.36. The molecule has 0 radical (unpaired) electrons. The second kappa shape index (κ2) is 6.02. The van der Waals surface area contributed by atoms with Gasteiger partial charge in [-0.05, 0) is 18.8 Å². The first-order valence-electron chi connectivity index (χ1n) is 6.63. The summed E-state index contributed by atoms with van der Waals surface area (Å²) in [5.41, 5.74) is -1.20. The van der Waals surface area contributed by atoms with Gasteiger partial charge in [-0.25, -0.2) is 0 Å². The molecule has 0 bridgehead atoms. The fourth-order valence-corrected chi connectivity index (χ4v) is 2.71. The maximum absolute atomic E-state index is 10.8. The van der Waals surface area contributed by atoms with Gasteiger partial charge in [-0.2, -0.15) is 0 Å². The minimum Gasteiger partial charge on any atom is -0.392 e. The summed E-state index contributed by atoms with van der Waals surface area (Å²) in [7, 11) is 0. The second-order valence-corrected chi connectivity index (χ2v) is 5.94. The molecule has 0 aromatic carbocycles. The van der Waals surface area contributed by atoms with Crippen LogP contribution >= 0.6 is 0 Å². The lowest BCUT2D eigenvalue weighted by Gasteiger charge is -2.47. The number of rotatable bonds is 7. The summed E-state index contributed by atoms with van der Waals surface area (Å²) in [6.07, 6.45) is 2.96. The summed E-state index contributed by atoms with van der Waals surface area (Å²) in [5.74, 6) is 0.176. The molecule has 98 valence electrons. The monoisotopic (exact) mass is 230 g/mol. The molecule has 0 saturated carbocycles. The van der Waals surface area contributed by atoms with Gasteiger partial charge in [-0.15, -0.1) is 0 Å². The van der Waals surface area contributed by atoms with Crippen LogP contribution in [0.4, 0.5) is 0 Å². The molecule has 0 aromatic rings. The van der Waals surface area contributed by atoms with Crippen LogP contribution in [0.25, 0.3) is 0 Å². The van der Waals surface area contributed by atoms with E-state index in [-0.39, 0.29) is 5.92 Å². The highest BCUT2D eigenvalue weighted by Crippen LogP contribution is 2.43. The Kier molecular flexibility index (Phi) is 5.99. The first kappa shape index (κ1) is 15.9. The highest BCUT2D eigenvalue weighted by molar-refractivity contribution is 4.97. The zero-order valence-electron chi connectivity index (χ0n) is 11.9. The minimum atomic E-state index is -0.750. The van der Waals surface area contributed by atoms with Gasteiger partial charge < -0.3 is 10.2 Å². The van der Waals surface area contributed by atoms with Crippen molar-refractivity contribution >= 4 is 0 Å². The van der Waals surface area contributed by atoms with Crippen molar-refractivity contribution in [3.05, 3.63) is 0 Å². The first-order chi connectivity index (χ1) is 7.23. The molecule has 0 saturated heterocycles. The van der Waals surface area contributed by atoms with Crippen molar-refractivity contribution in [2.75, 3.05) is 0 Å². The molecule has 0 aliphatic carbocycles. The average Bonchev–Trinajstić information content (AvgIpc) is 2.16. The Morgan fingerprint density at radius 2 is 1.38 bits per heavy atom. The van der Waals surface area contributed by atoms with E-state index < -0.39 is 17.1 Å². The van der Waals surface area contributed by atoms with E-state index >= 15 is 0 Å². The fraction of sp³-hybridized carbons (Fsp3) is 1.00. The lowest BCUT2D eigenvalue weighted by molar-refractivity contribution is -0.146. The third kappa shape index (κ3) is 3.21. The van der Waals surface area contributed by atoms with Crippen molar-refractivity contribution in [2.45, 2.75) is 78.9 Å². The van der Waals surface area contributed by atoms with Gasteiger partial charge in [0.25, 0.3) is 0 Å². The summed E-state index contributed by atoms with van der Waals surface area (Å²) in [6, 6.07) is 0. The van der Waals surface area contributed by atoms with Gasteiger partial charge in [-0.3, -0.25) is 0 Å². The zero-order chi connectivity index (χ0) is 13.0. The minimum absolute atomic E-state index is 0.176. The number of hydrogen-bond acceptors (Lipinski definition) is 2. The van der Waals surface area contributed by atoms with Crippen LogP contribution in [0.5, 0.6) is 0 Å². The standard InChI is InChI=1S/C14H30O2/c1-7-9-14(16,10-8-2)13(5,6)12(15)11(3)4/h11-12,15-16H,7-10H2,1-6H3. The van der Waals surface area contributed by atoms with E-state index in [0.29, 0.717) is 0 Å². The maximum atomic E-state index is 10.8. The number of aliphatic hydroxyl groups is 2. The van der Waals surface area contributed by atoms with Crippen molar-refractivity contribution in [3.63, 3.8) is 0 Å². The molecule has 0 aliphatic heterocycles. The second-order valence-electron chi connectivity index (χ2n) is 5.94. The van der Waals surface area contributed by atoms with Crippen LogP contribution in [0.2, 0.25) is 0 Å². The quantitative estimate of drug-likeness (QED) is 0.704. The van der Waals surface area contributed by atoms with E-state index in [0.717, 1.165) is 25.7 Å². The molecule has 0 aromatic heterocycles. The number of hydrogen-bond donors (Lipinski definition) is 2. The summed E-state index contributed by atoms with van der Waals surface area (Å²) >= 11 is 0. The highest BCUT2D eigenvalue weighted by Gasteiger charge is 2.47. The molecule has 2 heteroatoms. The predicted molar refractivity (Wildman–Crippen MR) is 69.4 cm³/mol. The van der Waals surface area contributed by atoms with Gasteiger partial charge in [0.05, 0.1) is 11.7 Å². The van der Waals surface area contributed by atoms with Crippen molar-refractivity contribution in [1.82, 2.24) is 0 Å². The van der Waals surface area contributed by atoms with E-state index in [2.05, 4.69) is 13.8 Å². The molecule has 0 amide bonds. The third-order valence-electron chi connectivity index (χ3n) is 3.90. The summed E-state index contributed by atoms with van der Waals surface area (Å²) < 4.78 is 0. The van der Waals surface area contributed by atoms with Gasteiger partial charge in [0.1, 0.15) is 0 Å². The normalized spacial score (nSPS) is 15.6. The Balaban J connectivity index is 5.01. The Hall–Kier alpha value is -0.0800. The molecule has 1 unspecified atom stereocenters. The van der Waals surface area contributed by atoms with Gasteiger partial charge in [0, 0.05) is 5.41 Å². The molecule has 0 fully saturated rings. The van der Waals surface area contributed by atoms with E-state index in [9.17, 15) is 10.2 Å². The summed E-state index contributed by atoms with van der Waals surface area (Å²) in [6.45, 7) is 12.2. The third-order valence-corrected chi connectivity index (χ3v) is 3.90. The summed E-state index contributed by atoms with van der Waals surface area (Å²) in [5, 5.41) is 21.1. The van der Waals surface area contributed by atoms with Crippen LogP contribution in [0.15, 0.2) is 0 Å². The molecule has 0 aliphatic rings. The SMILES string of the molecule is CCCC(O)(CCC)C(C)(C)C(O)C(C)C. The Bertz CT molecular complexity index is 188. The zero-order valence-corrected chi connectivity index (χ0v) is 11.9. The van der Waals surface area contributed by atoms with Crippen molar-refractivity contribution < 1.29 is 10.2 Å². The molecule has 0 spiro atoms. The molecule has 0 heterocycles. The lowest BCUT2D eigenvalue weighted by atomic mass is 9.64. The van der Waals surface area contributed by atoms with Crippen LogP contribution in [0, 0.1) is 11.3 Å². The van der Waals surface area contributed by atoms with E-state index in [1.165, 1.54) is 0 Å². The van der Waals surface area contributed by atoms with Gasteiger partial charge in [0.2, 0.25) is 0 Å². The number of aliphatic hydroxyl groups excluding tert-OH is 1. The van der Waals surface area contributed by atoms with Gasteiger partial charge in [-0.1, -0.05) is 54.4 Å². The molecule has 16 heavy (non-hydrogen) atoms. The molecule has 2 nitrogen and oxygen atoms in total. The highest BCUT2D eigenvalue weighted by atomic mass is 16.3. The van der Waals surface area contributed by atoms with Crippen LogP contribution in [-0.2, 0) is 0 Å². The van der Waals surface area contributed by atoms with Crippen LogP contribution in [0.3, 0.4) is 0 Å².